The van der Waals surface area contributed by atoms with E-state index in [1.165, 1.54) is 0 Å². The monoisotopic (exact) mass is 301 g/mol. The number of pyridine rings is 1. The molecule has 1 heterocycles. The summed E-state index contributed by atoms with van der Waals surface area (Å²) in [5.74, 6) is 0.406. The van der Waals surface area contributed by atoms with Crippen molar-refractivity contribution < 1.29 is 4.74 Å². The van der Waals surface area contributed by atoms with Crippen LogP contribution in [0.3, 0.4) is 0 Å². The quantitative estimate of drug-likeness (QED) is 0.333. The summed E-state index contributed by atoms with van der Waals surface area (Å²) in [4.78, 5) is 8.42. The van der Waals surface area contributed by atoms with Gasteiger partial charge in [0.15, 0.2) is 11.1 Å². The van der Waals surface area contributed by atoms with Crippen molar-refractivity contribution in [1.29, 1.82) is 0 Å². The maximum atomic E-state index is 6.00. The van der Waals surface area contributed by atoms with Gasteiger partial charge in [0, 0.05) is 13.3 Å². The number of guanidine groups is 1. The molecule has 1 aromatic heterocycles. The number of halogens is 1. The molecule has 6 nitrogen and oxygen atoms in total. The molecule has 1 aromatic rings. The largest absolute Gasteiger partial charge is 0.376 e. The number of aromatic nitrogens is 1. The van der Waals surface area contributed by atoms with Gasteiger partial charge in [-0.05, 0) is 31.3 Å². The predicted molar refractivity (Wildman–Crippen MR) is 79.9 cm³/mol. The molecule has 0 aliphatic carbocycles. The number of ether oxygens (including phenoxy) is 1. The van der Waals surface area contributed by atoms with E-state index in [1.54, 1.807) is 25.4 Å². The zero-order chi connectivity index (χ0) is 14.3. The Labute approximate surface area is 122 Å². The first kappa shape index (κ1) is 15.6. The number of aliphatic imine (C=N–C) groups is 1. The highest BCUT2D eigenvalue weighted by molar-refractivity contribution is 7.80. The standard InChI is InChI=1S/C11H16ClN5OS/c1-7(18-2)16-11(17-10(13)19)15-6-9-8(12)4-3-5-14-9/h3-5,7H,6H2,1-2H3,(H4,13,15,16,17,19). The van der Waals surface area contributed by atoms with Gasteiger partial charge in [-0.25, -0.2) is 4.99 Å². The molecule has 1 rings (SSSR count). The Bertz CT molecular complexity index is 468. The number of hydrogen-bond donors (Lipinski definition) is 3. The van der Waals surface area contributed by atoms with E-state index < -0.39 is 0 Å². The van der Waals surface area contributed by atoms with Gasteiger partial charge in [0.05, 0.1) is 17.3 Å². The lowest BCUT2D eigenvalue weighted by molar-refractivity contribution is 0.106. The van der Waals surface area contributed by atoms with Gasteiger partial charge in [-0.1, -0.05) is 11.6 Å². The minimum absolute atomic E-state index is 0.113. The number of rotatable bonds is 4. The predicted octanol–water partition coefficient (Wildman–Crippen LogP) is 1.01. The number of thiocarbonyl (C=S) groups is 1. The zero-order valence-corrected chi connectivity index (χ0v) is 12.3. The van der Waals surface area contributed by atoms with E-state index >= 15 is 0 Å². The minimum Gasteiger partial charge on any atom is -0.376 e. The smallest absolute Gasteiger partial charge is 0.199 e. The fraction of sp³-hybridized carbons (Fsp3) is 0.364. The lowest BCUT2D eigenvalue weighted by Gasteiger charge is -2.16. The Kier molecular flexibility index (Phi) is 6.48. The second kappa shape index (κ2) is 7.88. The highest BCUT2D eigenvalue weighted by Gasteiger charge is 2.06. The number of nitrogens with one attached hydrogen (secondary N) is 2. The van der Waals surface area contributed by atoms with Gasteiger partial charge in [0.1, 0.15) is 6.23 Å². The van der Waals surface area contributed by atoms with Gasteiger partial charge in [0.2, 0.25) is 0 Å². The molecular weight excluding hydrogens is 286 g/mol. The summed E-state index contributed by atoms with van der Waals surface area (Å²) in [6.07, 6.45) is 1.42. The topological polar surface area (TPSA) is 84.6 Å². The van der Waals surface area contributed by atoms with E-state index in [9.17, 15) is 0 Å². The van der Waals surface area contributed by atoms with Crippen LogP contribution in [0.15, 0.2) is 23.3 Å². The van der Waals surface area contributed by atoms with Gasteiger partial charge < -0.3 is 21.1 Å². The summed E-state index contributed by atoms with van der Waals surface area (Å²) in [5, 5.41) is 6.37. The summed E-state index contributed by atoms with van der Waals surface area (Å²) in [6.45, 7) is 2.12. The number of nitrogens with zero attached hydrogens (tertiary/aromatic N) is 2. The van der Waals surface area contributed by atoms with Crippen molar-refractivity contribution in [2.75, 3.05) is 7.11 Å². The highest BCUT2D eigenvalue weighted by Crippen LogP contribution is 2.12. The molecule has 19 heavy (non-hydrogen) atoms. The molecule has 4 N–H and O–H groups in total. The molecule has 0 fully saturated rings. The van der Waals surface area contributed by atoms with E-state index in [-0.39, 0.29) is 11.3 Å². The molecule has 0 aromatic carbocycles. The Hall–Kier alpha value is -1.44. The first-order chi connectivity index (χ1) is 9.02. The van der Waals surface area contributed by atoms with Crippen LogP contribution in [0.2, 0.25) is 5.02 Å². The van der Waals surface area contributed by atoms with Crippen molar-refractivity contribution in [2.45, 2.75) is 19.7 Å². The molecule has 0 saturated heterocycles. The second-order valence-electron chi connectivity index (χ2n) is 3.61. The van der Waals surface area contributed by atoms with Crippen LogP contribution in [0.25, 0.3) is 0 Å². The van der Waals surface area contributed by atoms with Gasteiger partial charge in [-0.3, -0.25) is 4.98 Å². The third kappa shape index (κ3) is 5.82. The summed E-state index contributed by atoms with van der Waals surface area (Å²) >= 11 is 10.8. The third-order valence-corrected chi connectivity index (χ3v) is 2.60. The van der Waals surface area contributed by atoms with E-state index in [2.05, 4.69) is 20.6 Å². The first-order valence-electron chi connectivity index (χ1n) is 5.52. The van der Waals surface area contributed by atoms with E-state index in [0.29, 0.717) is 23.2 Å². The highest BCUT2D eigenvalue weighted by atomic mass is 35.5. The minimum atomic E-state index is -0.236. The van der Waals surface area contributed by atoms with Crippen molar-refractivity contribution in [2.24, 2.45) is 10.7 Å². The van der Waals surface area contributed by atoms with Gasteiger partial charge in [-0.15, -0.1) is 0 Å². The van der Waals surface area contributed by atoms with Crippen molar-refractivity contribution in [3.8, 4) is 0 Å². The van der Waals surface area contributed by atoms with Gasteiger partial charge in [0.25, 0.3) is 0 Å². The Morgan fingerprint density at radius 1 is 1.68 bits per heavy atom. The molecule has 1 atom stereocenters. The van der Waals surface area contributed by atoms with Crippen molar-refractivity contribution in [1.82, 2.24) is 15.6 Å². The normalized spacial score (nSPS) is 12.9. The lowest BCUT2D eigenvalue weighted by atomic mass is 10.3. The third-order valence-electron chi connectivity index (χ3n) is 2.16. The van der Waals surface area contributed by atoms with Gasteiger partial charge >= 0.3 is 0 Å². The summed E-state index contributed by atoms with van der Waals surface area (Å²) in [7, 11) is 1.58. The van der Waals surface area contributed by atoms with E-state index in [0.717, 1.165) is 0 Å². The van der Waals surface area contributed by atoms with Crippen LogP contribution in [0.4, 0.5) is 0 Å². The van der Waals surface area contributed by atoms with Crippen molar-refractivity contribution in [3.05, 3.63) is 29.0 Å². The molecule has 0 bridgehead atoms. The van der Waals surface area contributed by atoms with E-state index in [4.69, 9.17) is 34.3 Å². The molecule has 0 amide bonds. The van der Waals surface area contributed by atoms with Crippen LogP contribution in [0, 0.1) is 0 Å². The lowest BCUT2D eigenvalue weighted by Crippen LogP contribution is -2.47. The zero-order valence-electron chi connectivity index (χ0n) is 10.7. The maximum absolute atomic E-state index is 6.00. The molecule has 1 unspecified atom stereocenters. The molecule has 104 valence electrons. The van der Waals surface area contributed by atoms with Crippen LogP contribution < -0.4 is 16.4 Å². The van der Waals surface area contributed by atoms with Crippen molar-refractivity contribution in [3.63, 3.8) is 0 Å². The average molecular weight is 302 g/mol. The summed E-state index contributed by atoms with van der Waals surface area (Å²) < 4.78 is 5.08. The summed E-state index contributed by atoms with van der Waals surface area (Å²) in [6, 6.07) is 3.51. The SMILES string of the molecule is COC(C)NC(=NCc1ncccc1Cl)NC(N)=S. The van der Waals surface area contributed by atoms with E-state index in [1.807, 2.05) is 6.92 Å². The molecule has 0 aliphatic heterocycles. The second-order valence-corrected chi connectivity index (χ2v) is 4.46. The maximum Gasteiger partial charge on any atom is 0.199 e. The number of methoxy groups -OCH3 is 1. The molecule has 8 heteroatoms. The van der Waals surface area contributed by atoms with Crippen LogP contribution in [0.5, 0.6) is 0 Å². The molecule has 0 aliphatic rings. The average Bonchev–Trinajstić information content (AvgIpc) is 2.36. The Morgan fingerprint density at radius 3 is 3.00 bits per heavy atom. The number of nitrogens with two attached hydrogens (primary N) is 1. The van der Waals surface area contributed by atoms with Crippen LogP contribution >= 0.6 is 23.8 Å². The molecule has 0 spiro atoms. The van der Waals surface area contributed by atoms with Gasteiger partial charge in [-0.2, -0.15) is 0 Å². The fourth-order valence-electron chi connectivity index (χ4n) is 1.18. The van der Waals surface area contributed by atoms with Crippen LogP contribution in [-0.2, 0) is 11.3 Å². The molecule has 0 radical (unpaired) electrons. The number of hydrogen-bond acceptors (Lipinski definition) is 4. The molecular formula is C11H16ClN5OS. The van der Waals surface area contributed by atoms with Crippen LogP contribution in [-0.4, -0.2) is 29.4 Å². The van der Waals surface area contributed by atoms with Crippen molar-refractivity contribution >= 4 is 34.9 Å². The summed E-state index contributed by atoms with van der Waals surface area (Å²) in [5.41, 5.74) is 6.09. The fourth-order valence-corrected chi connectivity index (χ4v) is 1.46. The van der Waals surface area contributed by atoms with Crippen LogP contribution in [0.1, 0.15) is 12.6 Å². The molecule has 0 saturated carbocycles. The Morgan fingerprint density at radius 2 is 2.42 bits per heavy atom. The Balaban J connectivity index is 2.76. The first-order valence-corrected chi connectivity index (χ1v) is 6.31.